The van der Waals surface area contributed by atoms with E-state index in [0.717, 1.165) is 72.7 Å². The van der Waals surface area contributed by atoms with Gasteiger partial charge in [-0.2, -0.15) is 0 Å². The largest absolute Gasteiger partial charge is 0.354 e. The third-order valence-corrected chi connectivity index (χ3v) is 12.3. The highest BCUT2D eigenvalue weighted by Crippen LogP contribution is 2.42. The normalized spacial score (nSPS) is 12.2. The van der Waals surface area contributed by atoms with Crippen LogP contribution >= 0.6 is 22.6 Å². The number of aromatic amines is 2. The Hall–Kier alpha value is -5.79. The molecule has 0 spiro atoms. The third-order valence-electron chi connectivity index (χ3n) is 11.6. The standard InChI is InChI=1S/C53H47IN4/c1-28-21-31(4)47(32(5)22-28)51-41-15-13-39(55-41)50(37-11-10-12-38(54)27-37)40-14-16-42(56-40)52(48-33(6)23-29(2)24-34(48)7)44-18-20-46(58-44)53(45-19-17-43(51)57-45)49-35(8)25-30(3)26-36(49)9/h10-27,55,58H,1-9H3. The molecule has 0 unspecified atom stereocenters. The highest BCUT2D eigenvalue weighted by atomic mass is 127. The number of halogens is 1. The summed E-state index contributed by atoms with van der Waals surface area (Å²) in [4.78, 5) is 19.1. The summed E-state index contributed by atoms with van der Waals surface area (Å²) in [7, 11) is 0. The van der Waals surface area contributed by atoms with Crippen molar-refractivity contribution < 1.29 is 0 Å². The first kappa shape index (κ1) is 37.8. The number of hydrogen-bond acceptors (Lipinski definition) is 2. The summed E-state index contributed by atoms with van der Waals surface area (Å²) >= 11 is 2.41. The van der Waals surface area contributed by atoms with Gasteiger partial charge in [0.15, 0.2) is 0 Å². The monoisotopic (exact) mass is 866 g/mol. The van der Waals surface area contributed by atoms with E-state index in [1.54, 1.807) is 0 Å². The molecule has 0 aliphatic carbocycles. The van der Waals surface area contributed by atoms with Crippen molar-refractivity contribution in [3.8, 4) is 44.5 Å². The third kappa shape index (κ3) is 6.55. The summed E-state index contributed by atoms with van der Waals surface area (Å²) in [5.41, 5.74) is 27.9. The smallest absolute Gasteiger partial charge is 0.0737 e. The maximum Gasteiger partial charge on any atom is 0.0737 e. The predicted octanol–water partition coefficient (Wildman–Crippen LogP) is 14.7. The highest BCUT2D eigenvalue weighted by molar-refractivity contribution is 14.1. The van der Waals surface area contributed by atoms with E-state index < -0.39 is 0 Å². The predicted molar refractivity (Wildman–Crippen MR) is 256 cm³/mol. The maximum absolute atomic E-state index is 5.61. The Morgan fingerprint density at radius 2 is 0.672 bits per heavy atom. The quantitative estimate of drug-likeness (QED) is 0.173. The van der Waals surface area contributed by atoms with Crippen molar-refractivity contribution in [1.82, 2.24) is 19.9 Å². The molecule has 0 fully saturated rings. The molecule has 58 heavy (non-hydrogen) atoms. The second-order valence-corrected chi connectivity index (χ2v) is 17.6. The zero-order valence-corrected chi connectivity index (χ0v) is 36.8. The second-order valence-electron chi connectivity index (χ2n) is 16.3. The lowest BCUT2D eigenvalue weighted by molar-refractivity contribution is 1.27. The lowest BCUT2D eigenvalue weighted by Gasteiger charge is -2.14. The van der Waals surface area contributed by atoms with Gasteiger partial charge in [0.25, 0.3) is 0 Å². The number of benzene rings is 4. The van der Waals surface area contributed by atoms with Gasteiger partial charge in [0.2, 0.25) is 0 Å². The van der Waals surface area contributed by atoms with E-state index in [1.165, 1.54) is 70.3 Å². The lowest BCUT2D eigenvalue weighted by Crippen LogP contribution is -1.96. The van der Waals surface area contributed by atoms with Gasteiger partial charge in [-0.25, -0.2) is 9.97 Å². The summed E-state index contributed by atoms with van der Waals surface area (Å²) in [5.74, 6) is 0. The van der Waals surface area contributed by atoms with E-state index in [0.29, 0.717) is 0 Å². The molecular weight excluding hydrogens is 820 g/mol. The number of hydrogen-bond donors (Lipinski definition) is 2. The topological polar surface area (TPSA) is 57.4 Å². The molecule has 0 saturated carbocycles. The van der Waals surface area contributed by atoms with Crippen molar-refractivity contribution in [2.45, 2.75) is 62.3 Å². The Labute approximate surface area is 355 Å². The average molecular weight is 867 g/mol. The average Bonchev–Trinajstić information content (AvgIpc) is 3.98. The minimum Gasteiger partial charge on any atom is -0.354 e. The zero-order chi connectivity index (χ0) is 40.6. The van der Waals surface area contributed by atoms with Gasteiger partial charge in [-0.05, 0) is 201 Å². The van der Waals surface area contributed by atoms with E-state index in [4.69, 9.17) is 9.97 Å². The molecule has 0 saturated heterocycles. The molecule has 4 aromatic carbocycles. The van der Waals surface area contributed by atoms with Gasteiger partial charge in [-0.15, -0.1) is 0 Å². The fraction of sp³-hybridized carbons (Fsp3) is 0.170. The number of aryl methyl sites for hydroxylation is 9. The van der Waals surface area contributed by atoms with Crippen LogP contribution in [0.2, 0.25) is 0 Å². The second kappa shape index (κ2) is 14.5. The van der Waals surface area contributed by atoms with Gasteiger partial charge in [0.1, 0.15) is 0 Å². The summed E-state index contributed by atoms with van der Waals surface area (Å²) in [5, 5.41) is 0. The molecule has 7 aromatic rings. The van der Waals surface area contributed by atoms with Crippen molar-refractivity contribution in [2.75, 3.05) is 0 Å². The molecule has 3 aromatic heterocycles. The van der Waals surface area contributed by atoms with Crippen LogP contribution in [0.1, 0.15) is 72.8 Å². The molecule has 2 aliphatic heterocycles. The SMILES string of the molecule is Cc1cc(C)c(-c2c3nc(c(-c4c(C)cc(C)cc4C)c4ccc([nH]4)c(-c4c(C)cc(C)cc4C)c4nc(c(-c5cccc(I)c5)c5ccc2[nH]5)C=C4)C=C3)c(C)c1. The van der Waals surface area contributed by atoms with Crippen molar-refractivity contribution in [1.29, 1.82) is 0 Å². The van der Waals surface area contributed by atoms with Crippen molar-refractivity contribution in [3.63, 3.8) is 0 Å². The number of nitrogens with one attached hydrogen (secondary N) is 2. The van der Waals surface area contributed by atoms with Crippen molar-refractivity contribution >= 4 is 69.0 Å². The molecule has 2 N–H and O–H groups in total. The van der Waals surface area contributed by atoms with E-state index >= 15 is 0 Å². The fourth-order valence-electron chi connectivity index (χ4n) is 9.67. The van der Waals surface area contributed by atoms with Gasteiger partial charge in [0.05, 0.1) is 22.8 Å². The Morgan fingerprint density at radius 1 is 0.362 bits per heavy atom. The lowest BCUT2D eigenvalue weighted by atomic mass is 9.92. The minimum atomic E-state index is 0.917. The van der Waals surface area contributed by atoms with E-state index in [9.17, 15) is 0 Å². The number of aromatic nitrogens is 4. The van der Waals surface area contributed by atoms with Crippen LogP contribution in [-0.2, 0) is 0 Å². The van der Waals surface area contributed by atoms with Crippen LogP contribution in [0.5, 0.6) is 0 Å². The number of fused-ring (bicyclic) bond motifs is 8. The molecule has 286 valence electrons. The molecule has 2 aliphatic rings. The van der Waals surface area contributed by atoms with Gasteiger partial charge < -0.3 is 9.97 Å². The maximum atomic E-state index is 5.61. The molecular formula is C53H47IN4. The van der Waals surface area contributed by atoms with E-state index in [2.05, 4.69) is 204 Å². The van der Waals surface area contributed by atoms with Gasteiger partial charge >= 0.3 is 0 Å². The molecule has 8 bridgehead atoms. The van der Waals surface area contributed by atoms with Crippen LogP contribution in [0, 0.1) is 65.9 Å². The van der Waals surface area contributed by atoms with Crippen LogP contribution in [0.4, 0.5) is 0 Å². The molecule has 4 nitrogen and oxygen atoms in total. The summed E-state index contributed by atoms with van der Waals surface area (Å²) < 4.78 is 1.17. The molecule has 0 atom stereocenters. The van der Waals surface area contributed by atoms with Crippen molar-refractivity contribution in [3.05, 3.63) is 161 Å². The summed E-state index contributed by atoms with van der Waals surface area (Å²) in [6.07, 6.45) is 8.79. The first-order valence-electron chi connectivity index (χ1n) is 20.0. The number of nitrogens with zero attached hydrogens (tertiary/aromatic N) is 2. The Bertz CT molecular complexity index is 2990. The Kier molecular flexibility index (Phi) is 9.47. The highest BCUT2D eigenvalue weighted by Gasteiger charge is 2.22. The van der Waals surface area contributed by atoms with Gasteiger partial charge in [-0.3, -0.25) is 0 Å². The summed E-state index contributed by atoms with van der Waals surface area (Å²) in [6.45, 7) is 19.8. The van der Waals surface area contributed by atoms with E-state index in [1.807, 2.05) is 0 Å². The Morgan fingerprint density at radius 3 is 1.00 bits per heavy atom. The number of H-pyrrole nitrogens is 2. The fourth-order valence-corrected chi connectivity index (χ4v) is 10.2. The molecule has 5 heterocycles. The van der Waals surface area contributed by atoms with Crippen LogP contribution in [0.3, 0.4) is 0 Å². The van der Waals surface area contributed by atoms with Crippen LogP contribution in [0.15, 0.2) is 84.9 Å². The van der Waals surface area contributed by atoms with Gasteiger partial charge in [-0.1, -0.05) is 65.2 Å². The van der Waals surface area contributed by atoms with E-state index in [-0.39, 0.29) is 0 Å². The van der Waals surface area contributed by atoms with Crippen LogP contribution in [-0.4, -0.2) is 19.9 Å². The first-order chi connectivity index (χ1) is 27.8. The molecule has 0 amide bonds. The molecule has 0 radical (unpaired) electrons. The number of rotatable bonds is 4. The van der Waals surface area contributed by atoms with Crippen LogP contribution in [0.25, 0.3) is 90.9 Å². The zero-order valence-electron chi connectivity index (χ0n) is 34.7. The van der Waals surface area contributed by atoms with Crippen LogP contribution < -0.4 is 0 Å². The molecule has 9 rings (SSSR count). The molecule has 5 heteroatoms. The van der Waals surface area contributed by atoms with Gasteiger partial charge in [0, 0.05) is 47.9 Å². The minimum absolute atomic E-state index is 0.917. The van der Waals surface area contributed by atoms with Crippen molar-refractivity contribution in [2.24, 2.45) is 0 Å². The summed E-state index contributed by atoms with van der Waals surface area (Å²) in [6, 6.07) is 31.3. The Balaban J connectivity index is 1.53. The first-order valence-corrected chi connectivity index (χ1v) is 21.1.